The maximum absolute atomic E-state index is 10.3. The number of hydrogen-bond acceptors (Lipinski definition) is 4. The number of aryl methyl sites for hydroxylation is 1. The number of aromatic nitrogens is 2. The average Bonchev–Trinajstić information content (AvgIpc) is 2.35. The average molecular weight is 281 g/mol. The minimum absolute atomic E-state index is 0.157. The number of amides is 1. The SMILES string of the molecule is Cc1ccc2nc(Cl)nc(NCCNC(=O)O)c2c1. The summed E-state index contributed by atoms with van der Waals surface area (Å²) in [6, 6.07) is 5.78. The van der Waals surface area contributed by atoms with Crippen LogP contribution in [0.5, 0.6) is 0 Å². The Hall–Kier alpha value is -2.08. The first-order valence-electron chi connectivity index (χ1n) is 5.71. The van der Waals surface area contributed by atoms with Crippen molar-refractivity contribution in [1.29, 1.82) is 0 Å². The van der Waals surface area contributed by atoms with E-state index in [2.05, 4.69) is 20.6 Å². The fourth-order valence-electron chi connectivity index (χ4n) is 1.70. The molecule has 0 aliphatic heterocycles. The molecule has 0 bridgehead atoms. The van der Waals surface area contributed by atoms with Crippen LogP contribution in [0.4, 0.5) is 10.6 Å². The third-order valence-corrected chi connectivity index (χ3v) is 2.69. The molecule has 100 valence electrons. The molecular weight excluding hydrogens is 268 g/mol. The normalized spacial score (nSPS) is 10.4. The highest BCUT2D eigenvalue weighted by Gasteiger charge is 2.06. The molecule has 6 nitrogen and oxygen atoms in total. The number of fused-ring (bicyclic) bond motifs is 1. The predicted molar refractivity (Wildman–Crippen MR) is 73.8 cm³/mol. The van der Waals surface area contributed by atoms with Crippen molar-refractivity contribution in [2.24, 2.45) is 0 Å². The fraction of sp³-hybridized carbons (Fsp3) is 0.250. The zero-order chi connectivity index (χ0) is 13.8. The summed E-state index contributed by atoms with van der Waals surface area (Å²) in [6.07, 6.45) is -1.05. The Labute approximate surface area is 114 Å². The van der Waals surface area contributed by atoms with Crippen molar-refractivity contribution in [3.05, 3.63) is 29.0 Å². The third-order valence-electron chi connectivity index (χ3n) is 2.52. The van der Waals surface area contributed by atoms with E-state index >= 15 is 0 Å². The molecule has 0 atom stereocenters. The second-order valence-electron chi connectivity index (χ2n) is 4.02. The second-order valence-corrected chi connectivity index (χ2v) is 4.36. The van der Waals surface area contributed by atoms with Crippen molar-refractivity contribution in [1.82, 2.24) is 15.3 Å². The molecule has 0 aliphatic rings. The first-order valence-corrected chi connectivity index (χ1v) is 6.08. The lowest BCUT2D eigenvalue weighted by Gasteiger charge is -2.09. The molecule has 7 heteroatoms. The standard InChI is InChI=1S/C12H13ClN4O2/c1-7-2-3-9-8(6-7)10(17-11(13)16-9)14-4-5-15-12(18)19/h2-3,6,15H,4-5H2,1H3,(H,18,19)(H,14,16,17). The topological polar surface area (TPSA) is 87.1 Å². The van der Waals surface area contributed by atoms with Gasteiger partial charge in [-0.2, -0.15) is 0 Å². The Bertz CT molecular complexity index is 618. The van der Waals surface area contributed by atoms with E-state index in [9.17, 15) is 4.79 Å². The van der Waals surface area contributed by atoms with Crippen LogP contribution in [0.3, 0.4) is 0 Å². The third kappa shape index (κ3) is 3.45. The molecule has 0 fully saturated rings. The zero-order valence-corrected chi connectivity index (χ0v) is 11.0. The smallest absolute Gasteiger partial charge is 0.404 e. The van der Waals surface area contributed by atoms with Gasteiger partial charge in [0.15, 0.2) is 0 Å². The van der Waals surface area contributed by atoms with Crippen LogP contribution >= 0.6 is 11.6 Å². The van der Waals surface area contributed by atoms with Crippen LogP contribution in [0.1, 0.15) is 5.56 Å². The Morgan fingerprint density at radius 1 is 1.37 bits per heavy atom. The van der Waals surface area contributed by atoms with Crippen molar-refractivity contribution < 1.29 is 9.90 Å². The first-order chi connectivity index (χ1) is 9.06. The summed E-state index contributed by atoms with van der Waals surface area (Å²) < 4.78 is 0. The highest BCUT2D eigenvalue weighted by atomic mass is 35.5. The van der Waals surface area contributed by atoms with Crippen LogP contribution in [0, 0.1) is 6.92 Å². The van der Waals surface area contributed by atoms with Gasteiger partial charge < -0.3 is 15.7 Å². The van der Waals surface area contributed by atoms with Crippen molar-refractivity contribution >= 4 is 34.4 Å². The zero-order valence-electron chi connectivity index (χ0n) is 10.3. The van der Waals surface area contributed by atoms with Crippen LogP contribution in [0.2, 0.25) is 5.28 Å². The summed E-state index contributed by atoms with van der Waals surface area (Å²) in [5.74, 6) is 0.603. The number of nitrogens with zero attached hydrogens (tertiary/aromatic N) is 2. The molecule has 19 heavy (non-hydrogen) atoms. The lowest BCUT2D eigenvalue weighted by Crippen LogP contribution is -2.27. The monoisotopic (exact) mass is 280 g/mol. The van der Waals surface area contributed by atoms with Gasteiger partial charge in [0.05, 0.1) is 5.52 Å². The number of hydrogen-bond donors (Lipinski definition) is 3. The van der Waals surface area contributed by atoms with E-state index in [1.807, 2.05) is 25.1 Å². The molecule has 0 unspecified atom stereocenters. The van der Waals surface area contributed by atoms with Gasteiger partial charge >= 0.3 is 6.09 Å². The molecule has 2 rings (SSSR count). The number of benzene rings is 1. The largest absolute Gasteiger partial charge is 0.465 e. The van der Waals surface area contributed by atoms with E-state index < -0.39 is 6.09 Å². The Balaban J connectivity index is 2.21. The molecule has 0 spiro atoms. The summed E-state index contributed by atoms with van der Waals surface area (Å²) in [4.78, 5) is 18.6. The lowest BCUT2D eigenvalue weighted by molar-refractivity contribution is 0.195. The fourth-order valence-corrected chi connectivity index (χ4v) is 1.87. The molecule has 3 N–H and O–H groups in total. The van der Waals surface area contributed by atoms with Crippen LogP contribution in [0.15, 0.2) is 18.2 Å². The molecule has 0 aliphatic carbocycles. The van der Waals surface area contributed by atoms with Crippen molar-refractivity contribution in [2.45, 2.75) is 6.92 Å². The quantitative estimate of drug-likeness (QED) is 0.591. The van der Waals surface area contributed by atoms with Gasteiger partial charge in [-0.05, 0) is 30.7 Å². The highest BCUT2D eigenvalue weighted by Crippen LogP contribution is 2.22. The molecule has 0 radical (unpaired) electrons. The van der Waals surface area contributed by atoms with E-state index in [-0.39, 0.29) is 11.8 Å². The van der Waals surface area contributed by atoms with Crippen molar-refractivity contribution in [3.8, 4) is 0 Å². The molecule has 1 heterocycles. The van der Waals surface area contributed by atoms with Gasteiger partial charge in [0.2, 0.25) is 5.28 Å². The molecule has 0 saturated carbocycles. The van der Waals surface area contributed by atoms with Gasteiger partial charge in [-0.1, -0.05) is 11.6 Å². The van der Waals surface area contributed by atoms with Crippen LogP contribution in [0.25, 0.3) is 10.9 Å². The Morgan fingerprint density at radius 2 is 2.16 bits per heavy atom. The van der Waals surface area contributed by atoms with Crippen molar-refractivity contribution in [2.75, 3.05) is 18.4 Å². The highest BCUT2D eigenvalue weighted by molar-refractivity contribution is 6.28. The molecule has 1 aromatic heterocycles. The number of carbonyl (C=O) groups is 1. The van der Waals surface area contributed by atoms with E-state index in [0.29, 0.717) is 12.4 Å². The van der Waals surface area contributed by atoms with E-state index in [1.54, 1.807) is 0 Å². The Morgan fingerprint density at radius 3 is 2.89 bits per heavy atom. The van der Waals surface area contributed by atoms with Gasteiger partial charge in [0.1, 0.15) is 5.82 Å². The molecule has 0 saturated heterocycles. The van der Waals surface area contributed by atoms with E-state index in [4.69, 9.17) is 16.7 Å². The molecule has 1 amide bonds. The first kappa shape index (κ1) is 13.4. The van der Waals surface area contributed by atoms with Gasteiger partial charge in [0.25, 0.3) is 0 Å². The molecular formula is C12H13ClN4O2. The van der Waals surface area contributed by atoms with Crippen molar-refractivity contribution in [3.63, 3.8) is 0 Å². The van der Waals surface area contributed by atoms with Crippen LogP contribution < -0.4 is 10.6 Å². The number of nitrogens with one attached hydrogen (secondary N) is 2. The predicted octanol–water partition coefficient (Wildman–Crippen LogP) is 2.27. The van der Waals surface area contributed by atoms with E-state index in [0.717, 1.165) is 16.5 Å². The summed E-state index contributed by atoms with van der Waals surface area (Å²) >= 11 is 5.85. The van der Waals surface area contributed by atoms with E-state index in [1.165, 1.54) is 0 Å². The van der Waals surface area contributed by atoms with Gasteiger partial charge in [0, 0.05) is 18.5 Å². The van der Waals surface area contributed by atoms with Gasteiger partial charge in [-0.25, -0.2) is 14.8 Å². The molecule has 2 aromatic rings. The number of halogens is 1. The minimum Gasteiger partial charge on any atom is -0.465 e. The van der Waals surface area contributed by atoms with Crippen LogP contribution in [-0.2, 0) is 0 Å². The second kappa shape index (κ2) is 5.71. The van der Waals surface area contributed by atoms with Gasteiger partial charge in [-0.3, -0.25) is 0 Å². The lowest BCUT2D eigenvalue weighted by atomic mass is 10.1. The summed E-state index contributed by atoms with van der Waals surface area (Å²) in [7, 11) is 0. The maximum atomic E-state index is 10.3. The van der Waals surface area contributed by atoms with Gasteiger partial charge in [-0.15, -0.1) is 0 Å². The summed E-state index contributed by atoms with van der Waals surface area (Å²) in [5, 5.41) is 14.8. The number of rotatable bonds is 4. The summed E-state index contributed by atoms with van der Waals surface area (Å²) in [5.41, 5.74) is 1.84. The number of anilines is 1. The number of carboxylic acid groups (broad SMARTS) is 1. The van der Waals surface area contributed by atoms with Crippen LogP contribution in [-0.4, -0.2) is 34.3 Å². The minimum atomic E-state index is -1.05. The molecule has 1 aromatic carbocycles. The maximum Gasteiger partial charge on any atom is 0.404 e. The Kier molecular flexibility index (Phi) is 4.01. The summed E-state index contributed by atoms with van der Waals surface area (Å²) in [6.45, 7) is 2.68.